The number of benzene rings is 1. The van der Waals surface area contributed by atoms with Crippen LogP contribution in [0.3, 0.4) is 0 Å². The number of hydrogen-bond acceptors (Lipinski definition) is 2. The van der Waals surface area contributed by atoms with E-state index in [0.29, 0.717) is 0 Å². The summed E-state index contributed by atoms with van der Waals surface area (Å²) in [7, 11) is 0. The molecule has 0 bridgehead atoms. The third-order valence-corrected chi connectivity index (χ3v) is 4.10. The Morgan fingerprint density at radius 1 is 1.13 bits per heavy atom. The van der Waals surface area contributed by atoms with Crippen LogP contribution in [0.25, 0.3) is 0 Å². The molecule has 0 radical (unpaired) electrons. The van der Waals surface area contributed by atoms with Gasteiger partial charge in [0.15, 0.2) is 0 Å². The number of nitrogens with zero attached hydrogens (tertiary/aromatic N) is 1. The second-order valence-corrected chi connectivity index (χ2v) is 5.69. The Kier molecular flexibility index (Phi) is 3.71. The Morgan fingerprint density at radius 3 is 2.33 bits per heavy atom. The van der Waals surface area contributed by atoms with Crippen molar-refractivity contribution in [1.29, 1.82) is 0 Å². The van der Waals surface area contributed by atoms with Gasteiger partial charge >= 0.3 is 0 Å². The van der Waals surface area contributed by atoms with E-state index < -0.39 is 0 Å². The second kappa shape index (κ2) is 5.04. The van der Waals surface area contributed by atoms with Crippen LogP contribution in [-0.4, -0.2) is 17.4 Å². The summed E-state index contributed by atoms with van der Waals surface area (Å²) in [6, 6.07) is 8.82. The van der Waals surface area contributed by atoms with Gasteiger partial charge in [0.1, 0.15) is 0 Å². The zero-order valence-electron chi connectivity index (χ0n) is 9.57. The van der Waals surface area contributed by atoms with Gasteiger partial charge in [-0.15, -0.1) is 0 Å². The molecule has 0 saturated carbocycles. The van der Waals surface area contributed by atoms with E-state index in [1.165, 1.54) is 36.4 Å². The molecule has 1 saturated heterocycles. The molecule has 0 aromatic heterocycles. The summed E-state index contributed by atoms with van der Waals surface area (Å²) in [6.45, 7) is 6.96. The zero-order chi connectivity index (χ0) is 10.7. The maximum atomic E-state index is 2.49. The minimum atomic E-state index is 0.917. The molecule has 0 unspecified atom stereocenters. The molecule has 15 heavy (non-hydrogen) atoms. The normalized spacial score (nSPS) is 19.3. The van der Waals surface area contributed by atoms with Crippen LogP contribution in [0.4, 0.5) is 0 Å². The van der Waals surface area contributed by atoms with Crippen molar-refractivity contribution in [3.05, 3.63) is 29.8 Å². The average Bonchev–Trinajstić information content (AvgIpc) is 2.25. The highest BCUT2D eigenvalue weighted by atomic mass is 32.2. The molecule has 1 aromatic rings. The van der Waals surface area contributed by atoms with Crippen molar-refractivity contribution < 1.29 is 0 Å². The molecule has 0 amide bonds. The molecule has 0 atom stereocenters. The monoisotopic (exact) mass is 221 g/mol. The summed E-state index contributed by atoms with van der Waals surface area (Å²) >= 11 is 1.91. The lowest BCUT2D eigenvalue weighted by molar-refractivity contribution is 0.308. The van der Waals surface area contributed by atoms with Gasteiger partial charge in [-0.3, -0.25) is 0 Å². The quantitative estimate of drug-likeness (QED) is 0.700. The zero-order valence-corrected chi connectivity index (χ0v) is 10.4. The third kappa shape index (κ3) is 3.25. The molecule has 1 aliphatic rings. The first kappa shape index (κ1) is 11.0. The van der Waals surface area contributed by atoms with Gasteiger partial charge in [-0.1, -0.05) is 24.6 Å². The second-order valence-electron chi connectivity index (χ2n) is 4.52. The first-order valence-corrected chi connectivity index (χ1v) is 6.51. The Labute approximate surface area is 97.0 Å². The van der Waals surface area contributed by atoms with Crippen LogP contribution in [0.15, 0.2) is 29.2 Å². The fraction of sp³-hybridized carbons (Fsp3) is 0.538. The molecule has 1 aromatic carbocycles. The smallest absolute Gasteiger partial charge is 0.0230 e. The van der Waals surface area contributed by atoms with Crippen LogP contribution in [0.2, 0.25) is 0 Å². The van der Waals surface area contributed by atoms with E-state index in [1.54, 1.807) is 0 Å². The maximum absolute atomic E-state index is 2.49. The molecule has 2 rings (SSSR count). The molecule has 1 heterocycles. The molecule has 0 N–H and O–H groups in total. The highest BCUT2D eigenvalue weighted by Gasteiger charge is 2.16. The summed E-state index contributed by atoms with van der Waals surface area (Å²) in [6.07, 6.45) is 2.69. The van der Waals surface area contributed by atoms with Gasteiger partial charge in [-0.25, -0.2) is 4.31 Å². The van der Waals surface area contributed by atoms with E-state index in [4.69, 9.17) is 0 Å². The number of rotatable bonds is 2. The lowest BCUT2D eigenvalue weighted by atomic mass is 10.0. The first-order chi connectivity index (χ1) is 7.24. The number of aryl methyl sites for hydroxylation is 1. The third-order valence-electron chi connectivity index (χ3n) is 3.00. The molecular weight excluding hydrogens is 202 g/mol. The van der Waals surface area contributed by atoms with Crippen molar-refractivity contribution in [2.45, 2.75) is 31.6 Å². The Hall–Kier alpha value is -0.470. The van der Waals surface area contributed by atoms with Crippen molar-refractivity contribution in [2.24, 2.45) is 5.92 Å². The topological polar surface area (TPSA) is 3.24 Å². The fourth-order valence-corrected chi connectivity index (χ4v) is 2.77. The summed E-state index contributed by atoms with van der Waals surface area (Å²) < 4.78 is 2.49. The van der Waals surface area contributed by atoms with Crippen LogP contribution in [0, 0.1) is 12.8 Å². The first-order valence-electron chi connectivity index (χ1n) is 5.73. The molecule has 0 spiro atoms. The largest absolute Gasteiger partial charge is 0.246 e. The van der Waals surface area contributed by atoms with Crippen LogP contribution < -0.4 is 0 Å². The highest BCUT2D eigenvalue weighted by Crippen LogP contribution is 2.27. The van der Waals surface area contributed by atoms with Crippen molar-refractivity contribution in [2.75, 3.05) is 13.1 Å². The summed E-state index contributed by atoms with van der Waals surface area (Å²) in [5.74, 6) is 0.917. The summed E-state index contributed by atoms with van der Waals surface area (Å²) in [4.78, 5) is 1.37. The minimum absolute atomic E-state index is 0.917. The number of piperidine rings is 1. The van der Waals surface area contributed by atoms with Crippen molar-refractivity contribution in [1.82, 2.24) is 4.31 Å². The van der Waals surface area contributed by atoms with Crippen LogP contribution >= 0.6 is 11.9 Å². The van der Waals surface area contributed by atoms with Crippen LogP contribution in [0.5, 0.6) is 0 Å². The van der Waals surface area contributed by atoms with Gasteiger partial charge in [0.2, 0.25) is 0 Å². The van der Waals surface area contributed by atoms with Gasteiger partial charge in [-0.2, -0.15) is 0 Å². The van der Waals surface area contributed by atoms with Crippen LogP contribution in [0.1, 0.15) is 25.3 Å². The van der Waals surface area contributed by atoms with Gasteiger partial charge in [0.05, 0.1) is 0 Å². The van der Waals surface area contributed by atoms with E-state index in [0.717, 1.165) is 5.92 Å². The molecule has 82 valence electrons. The predicted octanol–water partition coefficient (Wildman–Crippen LogP) is 3.73. The van der Waals surface area contributed by atoms with Gasteiger partial charge in [0.25, 0.3) is 0 Å². The predicted molar refractivity (Wildman–Crippen MR) is 67.0 cm³/mol. The Morgan fingerprint density at radius 2 is 1.73 bits per heavy atom. The molecule has 1 fully saturated rings. The van der Waals surface area contributed by atoms with E-state index >= 15 is 0 Å². The molecule has 2 heteroatoms. The van der Waals surface area contributed by atoms with Crippen LogP contribution in [-0.2, 0) is 0 Å². The van der Waals surface area contributed by atoms with E-state index in [1.807, 2.05) is 11.9 Å². The van der Waals surface area contributed by atoms with Gasteiger partial charge in [0, 0.05) is 18.0 Å². The molecule has 1 aliphatic heterocycles. The van der Waals surface area contributed by atoms with Crippen molar-refractivity contribution in [3.63, 3.8) is 0 Å². The van der Waals surface area contributed by atoms with Gasteiger partial charge in [-0.05, 0) is 49.8 Å². The molecule has 0 aliphatic carbocycles. The van der Waals surface area contributed by atoms with E-state index in [2.05, 4.69) is 42.4 Å². The van der Waals surface area contributed by atoms with E-state index in [9.17, 15) is 0 Å². The summed E-state index contributed by atoms with van der Waals surface area (Å²) in [5, 5.41) is 0. The Balaban J connectivity index is 1.89. The molecular formula is C13H19NS. The van der Waals surface area contributed by atoms with E-state index in [-0.39, 0.29) is 0 Å². The lowest BCUT2D eigenvalue weighted by Gasteiger charge is -2.28. The number of hydrogen-bond donors (Lipinski definition) is 0. The standard InChI is InChI=1S/C13H19NS/c1-11-3-5-13(6-4-11)15-14-9-7-12(2)8-10-14/h3-6,12H,7-10H2,1-2H3. The van der Waals surface area contributed by atoms with Crippen molar-refractivity contribution >= 4 is 11.9 Å². The Bertz CT molecular complexity index is 299. The maximum Gasteiger partial charge on any atom is 0.0230 e. The lowest BCUT2D eigenvalue weighted by Crippen LogP contribution is -2.27. The average molecular weight is 221 g/mol. The van der Waals surface area contributed by atoms with Gasteiger partial charge < -0.3 is 0 Å². The minimum Gasteiger partial charge on any atom is -0.246 e. The molecule has 1 nitrogen and oxygen atoms in total. The SMILES string of the molecule is Cc1ccc(SN2CCC(C)CC2)cc1. The highest BCUT2D eigenvalue weighted by molar-refractivity contribution is 7.97. The summed E-state index contributed by atoms with van der Waals surface area (Å²) in [5.41, 5.74) is 1.34. The van der Waals surface area contributed by atoms with Crippen molar-refractivity contribution in [3.8, 4) is 0 Å². The fourth-order valence-electron chi connectivity index (χ4n) is 1.82.